The van der Waals surface area contributed by atoms with Gasteiger partial charge in [0, 0.05) is 6.54 Å². The number of hydrogen-bond donors (Lipinski definition) is 2. The first-order chi connectivity index (χ1) is 13.5. The molecule has 9 heteroatoms. The zero-order chi connectivity index (χ0) is 19.7. The van der Waals surface area contributed by atoms with Gasteiger partial charge < -0.3 is 9.87 Å². The summed E-state index contributed by atoms with van der Waals surface area (Å²) in [7, 11) is 0. The van der Waals surface area contributed by atoms with E-state index in [1.165, 1.54) is 48.8 Å². The molecule has 0 aromatic carbocycles. The van der Waals surface area contributed by atoms with Gasteiger partial charge >= 0.3 is 0 Å². The van der Waals surface area contributed by atoms with Gasteiger partial charge in [-0.05, 0) is 42.9 Å². The standard InChI is InChI=1S/C19H21ClN4O2S2/c1-11-9-21-16(8-13(11)12-4-2-3-5-12)23-18-14(20)10-22-19(24-18)15-6-7-17(27-15)28(25)26/h6-8,10-12H,2-5,9H2,1H3,(H,25,26)(H,21,22,23,24). The van der Waals surface area contributed by atoms with Crippen molar-refractivity contribution in [2.24, 2.45) is 16.8 Å². The van der Waals surface area contributed by atoms with Crippen LogP contribution in [0.3, 0.4) is 0 Å². The molecule has 2 N–H and O–H groups in total. The molecule has 2 aromatic heterocycles. The van der Waals surface area contributed by atoms with Crippen LogP contribution in [-0.4, -0.2) is 31.1 Å². The molecule has 3 heterocycles. The van der Waals surface area contributed by atoms with Crippen LogP contribution in [0.2, 0.25) is 5.02 Å². The molecule has 0 amide bonds. The molecule has 1 fully saturated rings. The Morgan fingerprint density at radius 3 is 2.82 bits per heavy atom. The first kappa shape index (κ1) is 19.7. The number of halogens is 1. The van der Waals surface area contributed by atoms with Crippen LogP contribution in [0, 0.1) is 11.8 Å². The summed E-state index contributed by atoms with van der Waals surface area (Å²) in [5.41, 5.74) is 1.47. The highest BCUT2D eigenvalue weighted by Gasteiger charge is 2.26. The lowest BCUT2D eigenvalue weighted by Gasteiger charge is -2.25. The van der Waals surface area contributed by atoms with Crippen LogP contribution in [0.15, 0.2) is 39.2 Å². The second-order valence-corrected chi connectivity index (χ2v) is 9.82. The number of nitrogens with one attached hydrogen (secondary N) is 1. The van der Waals surface area contributed by atoms with Crippen LogP contribution in [-0.2, 0) is 11.1 Å². The summed E-state index contributed by atoms with van der Waals surface area (Å²) < 4.78 is 20.8. The molecule has 28 heavy (non-hydrogen) atoms. The monoisotopic (exact) mass is 436 g/mol. The van der Waals surface area contributed by atoms with Crippen LogP contribution >= 0.6 is 22.9 Å². The zero-order valence-electron chi connectivity index (χ0n) is 15.4. The fourth-order valence-corrected chi connectivity index (χ4v) is 5.33. The molecule has 2 aromatic rings. The van der Waals surface area contributed by atoms with E-state index in [4.69, 9.17) is 11.6 Å². The molecular weight excluding hydrogens is 416 g/mol. The Balaban J connectivity index is 1.58. The van der Waals surface area contributed by atoms with Gasteiger partial charge in [-0.3, -0.25) is 4.99 Å². The van der Waals surface area contributed by atoms with Gasteiger partial charge in [-0.1, -0.05) is 36.9 Å². The van der Waals surface area contributed by atoms with Crippen molar-refractivity contribution in [1.82, 2.24) is 9.97 Å². The lowest BCUT2D eigenvalue weighted by Crippen LogP contribution is -2.23. The number of aliphatic imine (C=N–C) groups is 1. The number of thiophene rings is 1. The predicted molar refractivity (Wildman–Crippen MR) is 115 cm³/mol. The Morgan fingerprint density at radius 1 is 1.32 bits per heavy atom. The highest BCUT2D eigenvalue weighted by molar-refractivity contribution is 7.81. The Labute approximate surface area is 175 Å². The highest BCUT2D eigenvalue weighted by atomic mass is 35.5. The summed E-state index contributed by atoms with van der Waals surface area (Å²) in [6, 6.07) is 3.34. The van der Waals surface area contributed by atoms with Gasteiger partial charge in [-0.25, -0.2) is 14.2 Å². The SMILES string of the molecule is CC1CN=C(Nc2nc(-c3ccc(S(=O)O)s3)ncc2Cl)C=C1C1CCCC1. The average Bonchev–Trinajstić information content (AvgIpc) is 3.37. The number of nitrogens with zero attached hydrogens (tertiary/aromatic N) is 3. The van der Waals surface area contributed by atoms with Gasteiger partial charge in [0.05, 0.1) is 11.1 Å². The second-order valence-electron chi connectivity index (χ2n) is 7.14. The number of aromatic nitrogens is 2. The Morgan fingerprint density at radius 2 is 2.11 bits per heavy atom. The van der Waals surface area contributed by atoms with Crippen molar-refractivity contribution in [2.75, 3.05) is 11.9 Å². The first-order valence-corrected chi connectivity index (χ1v) is 11.6. The predicted octanol–water partition coefficient (Wildman–Crippen LogP) is 5.02. The van der Waals surface area contributed by atoms with E-state index in [1.807, 2.05) is 0 Å². The molecule has 2 aliphatic rings. The van der Waals surface area contributed by atoms with Gasteiger partial charge in [0.2, 0.25) is 0 Å². The van der Waals surface area contributed by atoms with Crippen molar-refractivity contribution in [3.05, 3.63) is 35.0 Å². The summed E-state index contributed by atoms with van der Waals surface area (Å²) in [5, 5.41) is 3.65. The Kier molecular flexibility index (Phi) is 5.91. The summed E-state index contributed by atoms with van der Waals surface area (Å²) >= 11 is 5.47. The van der Waals surface area contributed by atoms with E-state index < -0.39 is 11.1 Å². The molecule has 0 radical (unpaired) electrons. The van der Waals surface area contributed by atoms with E-state index in [2.05, 4.69) is 33.3 Å². The molecule has 0 spiro atoms. The molecule has 0 saturated heterocycles. The zero-order valence-corrected chi connectivity index (χ0v) is 17.8. The van der Waals surface area contributed by atoms with Crippen molar-refractivity contribution in [2.45, 2.75) is 36.8 Å². The van der Waals surface area contributed by atoms with Crippen LogP contribution in [0.4, 0.5) is 5.82 Å². The van der Waals surface area contributed by atoms with Crippen LogP contribution in [0.5, 0.6) is 0 Å². The minimum atomic E-state index is -2.01. The van der Waals surface area contributed by atoms with Gasteiger partial charge in [0.15, 0.2) is 22.7 Å². The van der Waals surface area contributed by atoms with Crippen LogP contribution in [0.25, 0.3) is 10.7 Å². The van der Waals surface area contributed by atoms with E-state index in [-0.39, 0.29) is 0 Å². The normalized spacial score (nSPS) is 21.3. The maximum Gasteiger partial charge on any atom is 0.196 e. The molecule has 4 rings (SSSR count). The average molecular weight is 437 g/mol. The summed E-state index contributed by atoms with van der Waals surface area (Å²) in [6.07, 6.45) is 8.81. The summed E-state index contributed by atoms with van der Waals surface area (Å²) in [4.78, 5) is 14.1. The van der Waals surface area contributed by atoms with Crippen molar-refractivity contribution >= 4 is 45.7 Å². The maximum atomic E-state index is 11.2. The number of anilines is 1. The second kappa shape index (κ2) is 8.41. The molecule has 2 atom stereocenters. The summed E-state index contributed by atoms with van der Waals surface area (Å²) in [5.74, 6) is 2.84. The number of dihydropyridines is 1. The smallest absolute Gasteiger partial charge is 0.196 e. The van der Waals surface area contributed by atoms with Gasteiger partial charge in [0.25, 0.3) is 0 Å². The van der Waals surface area contributed by atoms with Gasteiger partial charge in [-0.15, -0.1) is 11.3 Å². The van der Waals surface area contributed by atoms with Crippen molar-refractivity contribution in [1.29, 1.82) is 0 Å². The molecule has 2 unspecified atom stereocenters. The molecule has 1 aliphatic heterocycles. The van der Waals surface area contributed by atoms with Crippen molar-refractivity contribution < 1.29 is 8.76 Å². The third kappa shape index (κ3) is 4.20. The molecule has 0 bridgehead atoms. The minimum Gasteiger partial charge on any atom is -0.324 e. The largest absolute Gasteiger partial charge is 0.324 e. The maximum absolute atomic E-state index is 11.2. The lowest BCUT2D eigenvalue weighted by atomic mass is 9.86. The van der Waals surface area contributed by atoms with Gasteiger partial charge in [-0.2, -0.15) is 0 Å². The fraction of sp³-hybridized carbons (Fsp3) is 0.421. The topological polar surface area (TPSA) is 87.5 Å². The van der Waals surface area contributed by atoms with E-state index >= 15 is 0 Å². The van der Waals surface area contributed by atoms with E-state index in [0.717, 1.165) is 12.4 Å². The third-order valence-electron chi connectivity index (χ3n) is 5.20. The molecule has 148 valence electrons. The molecule has 6 nitrogen and oxygen atoms in total. The first-order valence-electron chi connectivity index (χ1n) is 9.28. The number of rotatable bonds is 4. The Hall–Kier alpha value is -1.61. The van der Waals surface area contributed by atoms with E-state index in [9.17, 15) is 8.76 Å². The van der Waals surface area contributed by atoms with E-state index in [0.29, 0.717) is 37.6 Å². The number of amidine groups is 1. The third-order valence-corrected chi connectivity index (χ3v) is 7.51. The quantitative estimate of drug-likeness (QED) is 0.657. The fourth-order valence-electron chi connectivity index (χ4n) is 3.77. The Bertz CT molecular complexity index is 967. The molecular formula is C19H21ClN4O2S2. The van der Waals surface area contributed by atoms with Crippen molar-refractivity contribution in [3.8, 4) is 10.7 Å². The van der Waals surface area contributed by atoms with Gasteiger partial charge in [0.1, 0.15) is 15.1 Å². The summed E-state index contributed by atoms with van der Waals surface area (Å²) in [6.45, 7) is 3.00. The highest BCUT2D eigenvalue weighted by Crippen LogP contribution is 2.36. The number of hydrogen-bond acceptors (Lipinski definition) is 6. The molecule has 1 saturated carbocycles. The minimum absolute atomic E-state index is 0.359. The van der Waals surface area contributed by atoms with Crippen LogP contribution < -0.4 is 5.32 Å². The molecule has 1 aliphatic carbocycles. The van der Waals surface area contributed by atoms with Crippen LogP contribution in [0.1, 0.15) is 32.6 Å². The lowest BCUT2D eigenvalue weighted by molar-refractivity contribution is 0.535. The van der Waals surface area contributed by atoms with Crippen molar-refractivity contribution in [3.63, 3.8) is 0 Å². The van der Waals surface area contributed by atoms with E-state index in [1.54, 1.807) is 12.1 Å².